The van der Waals surface area contributed by atoms with Crippen LogP contribution < -0.4 is 5.32 Å². The third-order valence-electron chi connectivity index (χ3n) is 2.23. The van der Waals surface area contributed by atoms with E-state index in [0.29, 0.717) is 11.6 Å². The van der Waals surface area contributed by atoms with Crippen LogP contribution in [0.15, 0.2) is 28.9 Å². The highest BCUT2D eigenvalue weighted by molar-refractivity contribution is 5.89. The number of hydrogen-bond acceptors (Lipinski definition) is 5. The summed E-state index contributed by atoms with van der Waals surface area (Å²) in [5, 5.41) is 16.7. The Morgan fingerprint density at radius 3 is 3.00 bits per heavy atom. The normalized spacial score (nSPS) is 10.3. The van der Waals surface area contributed by atoms with E-state index in [1.165, 1.54) is 17.0 Å². The van der Waals surface area contributed by atoms with Crippen molar-refractivity contribution in [1.82, 2.24) is 9.78 Å². The summed E-state index contributed by atoms with van der Waals surface area (Å²) in [6.07, 6.45) is 1.43. The van der Waals surface area contributed by atoms with Gasteiger partial charge in [0, 0.05) is 6.07 Å². The van der Waals surface area contributed by atoms with Gasteiger partial charge in [0.25, 0.3) is 0 Å². The lowest BCUT2D eigenvalue weighted by molar-refractivity contribution is -0.389. The molecule has 0 fully saturated rings. The largest absolute Gasteiger partial charge is 0.449 e. The predicted molar refractivity (Wildman–Crippen MR) is 61.0 cm³/mol. The lowest BCUT2D eigenvalue weighted by Gasteiger charge is -2.00. The molecule has 1 N–H and O–H groups in total. The van der Waals surface area contributed by atoms with Crippen LogP contribution in [-0.2, 0) is 11.3 Å². The molecular weight excluding hydrogens is 240 g/mol. The van der Waals surface area contributed by atoms with Crippen molar-refractivity contribution in [2.45, 2.75) is 13.5 Å². The second-order valence-electron chi connectivity index (χ2n) is 3.58. The van der Waals surface area contributed by atoms with Crippen LogP contribution in [-0.4, -0.2) is 20.6 Å². The van der Waals surface area contributed by atoms with E-state index in [1.54, 1.807) is 19.1 Å². The van der Waals surface area contributed by atoms with Gasteiger partial charge in [-0.05, 0) is 17.9 Å². The molecule has 8 heteroatoms. The highest BCUT2D eigenvalue weighted by Gasteiger charge is 2.17. The summed E-state index contributed by atoms with van der Waals surface area (Å²) >= 11 is 0. The number of aromatic nitrogens is 2. The molecular formula is C10H10N4O4. The van der Waals surface area contributed by atoms with Crippen molar-refractivity contribution in [2.24, 2.45) is 0 Å². The maximum atomic E-state index is 11.6. The number of carbonyl (C=O) groups is 1. The summed E-state index contributed by atoms with van der Waals surface area (Å²) in [5.74, 6) is -0.330. The molecule has 0 aliphatic rings. The van der Waals surface area contributed by atoms with Gasteiger partial charge in [-0.2, -0.15) is 4.68 Å². The molecule has 0 radical (unpaired) electrons. The average Bonchev–Trinajstić information content (AvgIpc) is 2.89. The molecule has 18 heavy (non-hydrogen) atoms. The lowest BCUT2D eigenvalue weighted by atomic mass is 10.4. The van der Waals surface area contributed by atoms with Gasteiger partial charge in [0.2, 0.25) is 5.91 Å². The molecule has 0 aromatic carbocycles. The van der Waals surface area contributed by atoms with Crippen molar-refractivity contribution in [1.29, 1.82) is 0 Å². The smallest absolute Gasteiger partial charge is 0.390 e. The molecule has 2 aromatic heterocycles. The first-order valence-electron chi connectivity index (χ1n) is 5.08. The van der Waals surface area contributed by atoms with Gasteiger partial charge in [0.05, 0.1) is 23.1 Å². The quantitative estimate of drug-likeness (QED) is 0.651. The molecule has 0 spiro atoms. The van der Waals surface area contributed by atoms with Crippen molar-refractivity contribution in [3.63, 3.8) is 0 Å². The average molecular weight is 250 g/mol. The van der Waals surface area contributed by atoms with E-state index in [9.17, 15) is 14.9 Å². The number of hydrogen-bond donors (Lipinski definition) is 1. The van der Waals surface area contributed by atoms with Gasteiger partial charge in [-0.15, -0.1) is 0 Å². The maximum Gasteiger partial charge on any atom is 0.390 e. The van der Waals surface area contributed by atoms with Crippen LogP contribution in [0.2, 0.25) is 0 Å². The third kappa shape index (κ3) is 2.54. The fourth-order valence-corrected chi connectivity index (χ4v) is 1.40. The molecule has 0 saturated carbocycles. The number of nitrogens with one attached hydrogen (secondary N) is 1. The molecule has 0 bridgehead atoms. The number of nitro groups is 1. The van der Waals surface area contributed by atoms with Crippen molar-refractivity contribution < 1.29 is 14.1 Å². The van der Waals surface area contributed by atoms with Crippen LogP contribution in [0.25, 0.3) is 0 Å². The van der Waals surface area contributed by atoms with Crippen molar-refractivity contribution in [2.75, 3.05) is 5.32 Å². The zero-order valence-corrected chi connectivity index (χ0v) is 9.49. The van der Waals surface area contributed by atoms with E-state index in [-0.39, 0.29) is 18.3 Å². The number of anilines is 1. The van der Waals surface area contributed by atoms with Gasteiger partial charge in [0.1, 0.15) is 6.54 Å². The Balaban J connectivity index is 2.05. The van der Waals surface area contributed by atoms with E-state index >= 15 is 0 Å². The summed E-state index contributed by atoms with van der Waals surface area (Å²) in [6, 6.07) is 4.54. The van der Waals surface area contributed by atoms with E-state index < -0.39 is 4.92 Å². The second kappa shape index (κ2) is 4.70. The first-order chi connectivity index (χ1) is 8.56. The predicted octanol–water partition coefficient (Wildman–Crippen LogP) is 1.33. The Morgan fingerprint density at radius 2 is 2.44 bits per heavy atom. The molecule has 2 aromatic rings. The van der Waals surface area contributed by atoms with Gasteiger partial charge >= 0.3 is 5.82 Å². The number of nitrogens with zero attached hydrogens (tertiary/aromatic N) is 3. The summed E-state index contributed by atoms with van der Waals surface area (Å²) in [4.78, 5) is 21.5. The van der Waals surface area contributed by atoms with Gasteiger partial charge in [-0.25, -0.2) is 0 Å². The summed E-state index contributed by atoms with van der Waals surface area (Å²) in [6.45, 7) is 1.53. The monoisotopic (exact) mass is 250 g/mol. The van der Waals surface area contributed by atoms with E-state index in [4.69, 9.17) is 4.42 Å². The molecule has 0 aliphatic carbocycles. The fraction of sp³-hybridized carbons (Fsp3) is 0.200. The molecule has 94 valence electrons. The Morgan fingerprint density at radius 1 is 1.67 bits per heavy atom. The Hall–Kier alpha value is -2.64. The maximum absolute atomic E-state index is 11.6. The SMILES string of the molecule is Cc1cc([N+](=O)[O-])nn1CC(=O)Nc1ccco1. The number of aryl methyl sites for hydroxylation is 1. The molecule has 0 atom stereocenters. The first-order valence-corrected chi connectivity index (χ1v) is 5.08. The second-order valence-corrected chi connectivity index (χ2v) is 3.58. The van der Waals surface area contributed by atoms with Gasteiger partial charge in [-0.1, -0.05) is 0 Å². The van der Waals surface area contributed by atoms with Gasteiger partial charge in [-0.3, -0.25) is 10.1 Å². The fourth-order valence-electron chi connectivity index (χ4n) is 1.40. The summed E-state index contributed by atoms with van der Waals surface area (Å²) < 4.78 is 6.21. The highest BCUT2D eigenvalue weighted by atomic mass is 16.6. The van der Waals surface area contributed by atoms with Crippen LogP contribution in [0.4, 0.5) is 11.7 Å². The van der Waals surface area contributed by atoms with Crippen molar-refractivity contribution in [3.05, 3.63) is 40.3 Å². The van der Waals surface area contributed by atoms with Gasteiger partial charge in [0.15, 0.2) is 5.88 Å². The minimum atomic E-state index is -0.603. The molecule has 2 heterocycles. The standard InChI is InChI=1S/C10H10N4O4/c1-7-5-8(14(16)17)12-13(7)6-9(15)11-10-3-2-4-18-10/h2-5H,6H2,1H3,(H,11,15). The zero-order chi connectivity index (χ0) is 13.1. The van der Waals surface area contributed by atoms with Crippen LogP contribution in [0.5, 0.6) is 0 Å². The number of furan rings is 1. The molecule has 0 aliphatic heterocycles. The Bertz CT molecular complexity index is 573. The number of carbonyl (C=O) groups excluding carboxylic acids is 1. The Kier molecular flexibility index (Phi) is 3.09. The minimum absolute atomic E-state index is 0.111. The molecule has 1 amide bonds. The van der Waals surface area contributed by atoms with Crippen molar-refractivity contribution >= 4 is 17.6 Å². The topological polar surface area (TPSA) is 103 Å². The number of rotatable bonds is 4. The Labute approximate surface area is 101 Å². The molecule has 0 unspecified atom stereocenters. The highest BCUT2D eigenvalue weighted by Crippen LogP contribution is 2.11. The summed E-state index contributed by atoms with van der Waals surface area (Å²) in [7, 11) is 0. The van der Waals surface area contributed by atoms with Crippen LogP contribution >= 0.6 is 0 Å². The van der Waals surface area contributed by atoms with E-state index in [2.05, 4.69) is 10.4 Å². The zero-order valence-electron chi connectivity index (χ0n) is 9.49. The van der Waals surface area contributed by atoms with E-state index in [1.807, 2.05) is 0 Å². The molecule has 8 nitrogen and oxygen atoms in total. The third-order valence-corrected chi connectivity index (χ3v) is 2.23. The van der Waals surface area contributed by atoms with Crippen LogP contribution in [0, 0.1) is 17.0 Å². The number of amides is 1. The van der Waals surface area contributed by atoms with Crippen molar-refractivity contribution in [3.8, 4) is 0 Å². The minimum Gasteiger partial charge on any atom is -0.449 e. The molecule has 0 saturated heterocycles. The lowest BCUT2D eigenvalue weighted by Crippen LogP contribution is -2.20. The van der Waals surface area contributed by atoms with Crippen LogP contribution in [0.1, 0.15) is 5.69 Å². The van der Waals surface area contributed by atoms with Gasteiger partial charge < -0.3 is 14.5 Å². The summed E-state index contributed by atoms with van der Waals surface area (Å²) in [5.41, 5.74) is 0.538. The van der Waals surface area contributed by atoms with Crippen LogP contribution in [0.3, 0.4) is 0 Å². The van der Waals surface area contributed by atoms with E-state index in [0.717, 1.165) is 0 Å². The first kappa shape index (κ1) is 11.8. The molecule has 2 rings (SSSR count).